The normalized spacial score (nSPS) is 11.8. The van der Waals surface area contributed by atoms with Crippen molar-refractivity contribution in [3.8, 4) is 0 Å². The second-order valence-corrected chi connectivity index (χ2v) is 7.11. The molecular weight excluding hydrogens is 331 g/mol. The molecule has 7 heteroatoms. The number of rotatable bonds is 5. The Morgan fingerprint density at radius 1 is 1.14 bits per heavy atom. The molecule has 0 unspecified atom stereocenters. The Kier molecular flexibility index (Phi) is 5.22. The summed E-state index contributed by atoms with van der Waals surface area (Å²) in [6, 6.07) is 7.96. The molecule has 2 rings (SSSR count). The van der Waals surface area contributed by atoms with Gasteiger partial charge in [-0.3, -0.25) is 4.98 Å². The zero-order chi connectivity index (χ0) is 15.5. The van der Waals surface area contributed by atoms with Crippen molar-refractivity contribution < 1.29 is 8.42 Å². The van der Waals surface area contributed by atoms with Gasteiger partial charge in [-0.1, -0.05) is 30.1 Å². The quantitative estimate of drug-likeness (QED) is 0.832. The summed E-state index contributed by atoms with van der Waals surface area (Å²) >= 11 is 11.9. The first kappa shape index (κ1) is 16.2. The standard InChI is InChI=1S/C14H14Cl2N2O2S/c1-2-18(10-11-5-7-17-8-6-11)21(19,20)14-9-12(15)3-4-13(14)16/h3-9H,2,10H2,1H3. The minimum absolute atomic E-state index is 0.0209. The molecule has 0 bridgehead atoms. The van der Waals surface area contributed by atoms with Gasteiger partial charge >= 0.3 is 0 Å². The Balaban J connectivity index is 2.38. The van der Waals surface area contributed by atoms with Gasteiger partial charge in [0.1, 0.15) is 4.90 Å². The van der Waals surface area contributed by atoms with Crippen LogP contribution >= 0.6 is 23.2 Å². The van der Waals surface area contributed by atoms with Gasteiger partial charge in [0.25, 0.3) is 0 Å². The van der Waals surface area contributed by atoms with E-state index in [1.807, 2.05) is 0 Å². The number of halogens is 2. The predicted molar refractivity (Wildman–Crippen MR) is 84.0 cm³/mol. The van der Waals surface area contributed by atoms with Crippen LogP contribution in [0.2, 0.25) is 10.0 Å². The Labute approximate surface area is 134 Å². The van der Waals surface area contributed by atoms with E-state index in [0.717, 1.165) is 5.56 Å². The third-order valence-electron chi connectivity index (χ3n) is 2.97. The first-order valence-corrected chi connectivity index (χ1v) is 8.49. The number of nitrogens with zero attached hydrogens (tertiary/aromatic N) is 2. The zero-order valence-corrected chi connectivity index (χ0v) is 13.7. The van der Waals surface area contributed by atoms with Crippen molar-refractivity contribution in [3.05, 3.63) is 58.3 Å². The third kappa shape index (κ3) is 3.74. The molecule has 1 aromatic heterocycles. The Hall–Kier alpha value is -1.14. The first-order chi connectivity index (χ1) is 9.95. The lowest BCUT2D eigenvalue weighted by atomic mass is 10.3. The number of sulfonamides is 1. The van der Waals surface area contributed by atoms with E-state index in [1.165, 1.54) is 16.4 Å². The largest absolute Gasteiger partial charge is 0.265 e. The number of aromatic nitrogens is 1. The molecular formula is C14H14Cl2N2O2S. The van der Waals surface area contributed by atoms with Crippen LogP contribution in [-0.2, 0) is 16.6 Å². The van der Waals surface area contributed by atoms with Gasteiger partial charge in [-0.2, -0.15) is 4.31 Å². The number of benzene rings is 1. The Morgan fingerprint density at radius 2 is 1.81 bits per heavy atom. The molecule has 0 atom stereocenters. The van der Waals surface area contributed by atoms with Crippen LogP contribution in [0.3, 0.4) is 0 Å². The van der Waals surface area contributed by atoms with E-state index in [-0.39, 0.29) is 16.5 Å². The maximum atomic E-state index is 12.7. The van der Waals surface area contributed by atoms with Crippen LogP contribution < -0.4 is 0 Å². The SMILES string of the molecule is CCN(Cc1ccncc1)S(=O)(=O)c1cc(Cl)ccc1Cl. The van der Waals surface area contributed by atoms with E-state index in [2.05, 4.69) is 4.98 Å². The monoisotopic (exact) mass is 344 g/mol. The maximum absolute atomic E-state index is 12.7. The van der Waals surface area contributed by atoms with Gasteiger partial charge in [0.15, 0.2) is 0 Å². The van der Waals surface area contributed by atoms with Gasteiger partial charge in [-0.05, 0) is 35.9 Å². The maximum Gasteiger partial charge on any atom is 0.244 e. The van der Waals surface area contributed by atoms with Crippen molar-refractivity contribution in [3.63, 3.8) is 0 Å². The molecule has 1 heterocycles. The highest BCUT2D eigenvalue weighted by molar-refractivity contribution is 7.89. The minimum atomic E-state index is -3.71. The summed E-state index contributed by atoms with van der Waals surface area (Å²) in [7, 11) is -3.71. The van der Waals surface area contributed by atoms with Crippen molar-refractivity contribution in [2.75, 3.05) is 6.54 Å². The van der Waals surface area contributed by atoms with Crippen molar-refractivity contribution >= 4 is 33.2 Å². The highest BCUT2D eigenvalue weighted by Crippen LogP contribution is 2.28. The van der Waals surface area contributed by atoms with Gasteiger partial charge in [0, 0.05) is 30.5 Å². The van der Waals surface area contributed by atoms with Crippen molar-refractivity contribution in [2.45, 2.75) is 18.4 Å². The lowest BCUT2D eigenvalue weighted by Crippen LogP contribution is -2.30. The van der Waals surface area contributed by atoms with Crippen molar-refractivity contribution in [1.82, 2.24) is 9.29 Å². The number of hydrogen-bond donors (Lipinski definition) is 0. The molecule has 0 aliphatic heterocycles. The van der Waals surface area contributed by atoms with Crippen LogP contribution in [0.25, 0.3) is 0 Å². The fraction of sp³-hybridized carbons (Fsp3) is 0.214. The molecule has 0 N–H and O–H groups in total. The molecule has 0 saturated heterocycles. The average Bonchev–Trinajstić information content (AvgIpc) is 2.48. The van der Waals surface area contributed by atoms with Crippen LogP contribution in [0.15, 0.2) is 47.6 Å². The van der Waals surface area contributed by atoms with E-state index >= 15 is 0 Å². The lowest BCUT2D eigenvalue weighted by molar-refractivity contribution is 0.423. The Bertz CT molecular complexity index is 721. The van der Waals surface area contributed by atoms with Gasteiger partial charge in [-0.25, -0.2) is 8.42 Å². The van der Waals surface area contributed by atoms with E-state index in [4.69, 9.17) is 23.2 Å². The smallest absolute Gasteiger partial charge is 0.244 e. The first-order valence-electron chi connectivity index (χ1n) is 6.29. The van der Waals surface area contributed by atoms with Gasteiger partial charge in [0.05, 0.1) is 5.02 Å². The highest BCUT2D eigenvalue weighted by atomic mass is 35.5. The lowest BCUT2D eigenvalue weighted by Gasteiger charge is -2.21. The van der Waals surface area contributed by atoms with Crippen LogP contribution in [0.4, 0.5) is 0 Å². The molecule has 2 aromatic rings. The minimum Gasteiger partial charge on any atom is -0.265 e. The topological polar surface area (TPSA) is 50.3 Å². The number of pyridine rings is 1. The van der Waals surface area contributed by atoms with Crippen LogP contribution in [0.5, 0.6) is 0 Å². The highest BCUT2D eigenvalue weighted by Gasteiger charge is 2.26. The van der Waals surface area contributed by atoms with Gasteiger partial charge in [0.2, 0.25) is 10.0 Å². The molecule has 0 radical (unpaired) electrons. The van der Waals surface area contributed by atoms with Crippen molar-refractivity contribution in [2.24, 2.45) is 0 Å². The van der Waals surface area contributed by atoms with Gasteiger partial charge in [-0.15, -0.1) is 0 Å². The zero-order valence-electron chi connectivity index (χ0n) is 11.3. The molecule has 4 nitrogen and oxygen atoms in total. The molecule has 0 aliphatic rings. The fourth-order valence-corrected chi connectivity index (χ4v) is 4.05. The summed E-state index contributed by atoms with van der Waals surface area (Å²) in [5.41, 5.74) is 0.855. The van der Waals surface area contributed by atoms with Crippen LogP contribution in [0, 0.1) is 0 Å². The van der Waals surface area contributed by atoms with E-state index in [0.29, 0.717) is 11.6 Å². The molecule has 0 aliphatic carbocycles. The third-order valence-corrected chi connectivity index (χ3v) is 5.61. The Morgan fingerprint density at radius 3 is 2.43 bits per heavy atom. The summed E-state index contributed by atoms with van der Waals surface area (Å²) in [6.45, 7) is 2.36. The second kappa shape index (κ2) is 6.75. The van der Waals surface area contributed by atoms with Crippen LogP contribution in [-0.4, -0.2) is 24.3 Å². The molecule has 0 spiro atoms. The summed E-state index contributed by atoms with van der Waals surface area (Å²) < 4.78 is 26.8. The summed E-state index contributed by atoms with van der Waals surface area (Å²) in [5, 5.41) is 0.491. The van der Waals surface area contributed by atoms with E-state index in [1.54, 1.807) is 37.5 Å². The fourth-order valence-electron chi connectivity index (χ4n) is 1.87. The molecule has 112 valence electrons. The van der Waals surface area contributed by atoms with Crippen molar-refractivity contribution in [1.29, 1.82) is 0 Å². The molecule has 0 amide bonds. The second-order valence-electron chi connectivity index (χ2n) is 4.36. The van der Waals surface area contributed by atoms with E-state index < -0.39 is 10.0 Å². The molecule has 0 saturated carbocycles. The summed E-state index contributed by atoms with van der Waals surface area (Å²) in [5.74, 6) is 0. The van der Waals surface area contributed by atoms with Gasteiger partial charge < -0.3 is 0 Å². The number of hydrogen-bond acceptors (Lipinski definition) is 3. The average molecular weight is 345 g/mol. The summed E-state index contributed by atoms with van der Waals surface area (Å²) in [4.78, 5) is 3.94. The van der Waals surface area contributed by atoms with E-state index in [9.17, 15) is 8.42 Å². The van der Waals surface area contributed by atoms with Crippen LogP contribution in [0.1, 0.15) is 12.5 Å². The predicted octanol–water partition coefficient (Wildman–Crippen LogP) is 3.60. The molecule has 1 aromatic carbocycles. The summed E-state index contributed by atoms with van der Waals surface area (Å²) in [6.07, 6.45) is 3.25. The molecule has 21 heavy (non-hydrogen) atoms. The molecule has 0 fully saturated rings.